The van der Waals surface area contributed by atoms with Crippen LogP contribution in [0.5, 0.6) is 0 Å². The first-order valence-electron chi connectivity index (χ1n) is 5.88. The maximum atomic E-state index is 5.94. The van der Waals surface area contributed by atoms with Crippen molar-refractivity contribution in [3.05, 3.63) is 53.6 Å². The Kier molecular flexibility index (Phi) is 3.83. The van der Waals surface area contributed by atoms with Crippen LogP contribution in [0, 0.1) is 0 Å². The maximum Gasteiger partial charge on any atom is 0.289 e. The average molecular weight is 293 g/mol. The van der Waals surface area contributed by atoms with Gasteiger partial charge in [0.05, 0.1) is 19.7 Å². The van der Waals surface area contributed by atoms with Crippen LogP contribution >= 0.6 is 11.6 Å². The number of rotatable bonds is 1. The highest BCUT2D eigenvalue weighted by Gasteiger charge is 2.20. The van der Waals surface area contributed by atoms with E-state index in [0.717, 1.165) is 5.02 Å². The molecule has 3 rings (SSSR count). The fourth-order valence-corrected chi connectivity index (χ4v) is 2.60. The first kappa shape index (κ1) is 13.9. The molecule has 3 aromatic rings. The number of halogens is 2. The molecule has 98 valence electrons. The van der Waals surface area contributed by atoms with Crippen LogP contribution in [0.15, 0.2) is 48.5 Å². The summed E-state index contributed by atoms with van der Waals surface area (Å²) >= 11 is 5.94. The van der Waals surface area contributed by atoms with Gasteiger partial charge in [-0.1, -0.05) is 23.7 Å². The second-order valence-electron chi connectivity index (χ2n) is 4.44. The van der Waals surface area contributed by atoms with Crippen molar-refractivity contribution in [3.63, 3.8) is 0 Å². The van der Waals surface area contributed by atoms with Crippen molar-refractivity contribution in [3.8, 4) is 11.4 Å². The number of aromatic nitrogens is 2. The van der Waals surface area contributed by atoms with E-state index in [1.54, 1.807) is 0 Å². The van der Waals surface area contributed by atoms with E-state index in [4.69, 9.17) is 11.6 Å². The zero-order chi connectivity index (χ0) is 12.7. The lowest BCUT2D eigenvalue weighted by atomic mass is 10.2. The van der Waals surface area contributed by atoms with Gasteiger partial charge in [-0.15, -0.1) is 0 Å². The largest absolute Gasteiger partial charge is 1.00 e. The minimum absolute atomic E-state index is 0. The van der Waals surface area contributed by atoms with Crippen molar-refractivity contribution in [2.75, 3.05) is 0 Å². The number of imidazole rings is 1. The van der Waals surface area contributed by atoms with E-state index in [2.05, 4.69) is 59.6 Å². The number of benzene rings is 2. The highest BCUT2D eigenvalue weighted by atomic mass is 35.5. The van der Waals surface area contributed by atoms with E-state index in [-0.39, 0.29) is 12.4 Å². The molecule has 0 saturated heterocycles. The van der Waals surface area contributed by atoms with Crippen molar-refractivity contribution in [1.82, 2.24) is 4.57 Å². The van der Waals surface area contributed by atoms with Gasteiger partial charge in [0, 0.05) is 5.02 Å². The summed E-state index contributed by atoms with van der Waals surface area (Å²) in [6, 6.07) is 16.3. The predicted octanol–water partition coefficient (Wildman–Crippen LogP) is 0.327. The number of hydrogen-bond donors (Lipinski definition) is 0. The molecule has 2 aromatic carbocycles. The minimum atomic E-state index is 0. The van der Waals surface area contributed by atoms with Crippen LogP contribution in [0.4, 0.5) is 0 Å². The molecule has 4 heteroatoms. The Hall–Kier alpha value is -1.51. The van der Waals surface area contributed by atoms with E-state index in [1.807, 2.05) is 12.1 Å². The molecule has 1 heterocycles. The highest BCUT2D eigenvalue weighted by Crippen LogP contribution is 2.22. The number of aryl methyl sites for hydroxylation is 2. The van der Waals surface area contributed by atoms with Crippen molar-refractivity contribution >= 4 is 22.6 Å². The first-order chi connectivity index (χ1) is 8.68. The van der Waals surface area contributed by atoms with Crippen molar-refractivity contribution < 1.29 is 17.0 Å². The van der Waals surface area contributed by atoms with Gasteiger partial charge in [-0.05, 0) is 36.4 Å². The van der Waals surface area contributed by atoms with Crippen LogP contribution in [0.1, 0.15) is 0 Å². The van der Waals surface area contributed by atoms with E-state index >= 15 is 0 Å². The lowest BCUT2D eigenvalue weighted by molar-refractivity contribution is -0.634. The Bertz CT molecular complexity index is 676. The molecule has 0 fully saturated rings. The third-order valence-corrected chi connectivity index (χ3v) is 3.59. The molecule has 0 aliphatic rings. The van der Waals surface area contributed by atoms with E-state index in [1.165, 1.54) is 22.4 Å². The quantitative estimate of drug-likeness (QED) is 0.572. The summed E-state index contributed by atoms with van der Waals surface area (Å²) in [5.74, 6) is 1.17. The Morgan fingerprint density at radius 2 is 1.63 bits per heavy atom. The van der Waals surface area contributed by atoms with Crippen molar-refractivity contribution in [2.24, 2.45) is 14.1 Å². The number of nitrogens with zero attached hydrogens (tertiary/aromatic N) is 2. The molecule has 0 saturated carbocycles. The Labute approximate surface area is 123 Å². The van der Waals surface area contributed by atoms with Crippen LogP contribution < -0.4 is 17.0 Å². The molecule has 0 bridgehead atoms. The van der Waals surface area contributed by atoms with Gasteiger partial charge in [0.15, 0.2) is 11.0 Å². The average Bonchev–Trinajstić information content (AvgIpc) is 2.64. The van der Waals surface area contributed by atoms with Gasteiger partial charge in [-0.3, -0.25) is 0 Å². The Morgan fingerprint density at radius 1 is 1.00 bits per heavy atom. The van der Waals surface area contributed by atoms with Crippen molar-refractivity contribution in [2.45, 2.75) is 0 Å². The molecule has 0 aliphatic heterocycles. The SMILES string of the molecule is Cn1c(-c2ccc(Cl)cc2)[n+](C)c2ccccc21.[Cl-]. The number of hydrogen-bond acceptors (Lipinski definition) is 0. The fraction of sp³-hybridized carbons (Fsp3) is 0.133. The maximum absolute atomic E-state index is 5.94. The Morgan fingerprint density at radius 3 is 2.26 bits per heavy atom. The van der Waals surface area contributed by atoms with Gasteiger partial charge in [0.25, 0.3) is 5.82 Å². The van der Waals surface area contributed by atoms with Crippen LogP contribution in [0.25, 0.3) is 22.4 Å². The first-order valence-corrected chi connectivity index (χ1v) is 6.25. The summed E-state index contributed by atoms with van der Waals surface area (Å²) in [5.41, 5.74) is 3.62. The van der Waals surface area contributed by atoms with Crippen LogP contribution in [0.2, 0.25) is 5.02 Å². The smallest absolute Gasteiger partial charge is 0.289 e. The summed E-state index contributed by atoms with van der Waals surface area (Å²) in [4.78, 5) is 0. The summed E-state index contributed by atoms with van der Waals surface area (Å²) in [6.07, 6.45) is 0. The van der Waals surface area contributed by atoms with Gasteiger partial charge < -0.3 is 12.4 Å². The number of fused-ring (bicyclic) bond motifs is 1. The fourth-order valence-electron chi connectivity index (χ4n) is 2.47. The van der Waals surface area contributed by atoms with Gasteiger partial charge in [0.2, 0.25) is 0 Å². The molecule has 0 aliphatic carbocycles. The molecule has 0 unspecified atom stereocenters. The monoisotopic (exact) mass is 292 g/mol. The normalized spacial score (nSPS) is 10.5. The highest BCUT2D eigenvalue weighted by molar-refractivity contribution is 6.30. The van der Waals surface area contributed by atoms with Crippen molar-refractivity contribution in [1.29, 1.82) is 0 Å². The second kappa shape index (κ2) is 5.24. The molecule has 0 radical (unpaired) electrons. The van der Waals surface area contributed by atoms with Gasteiger partial charge in [-0.25, -0.2) is 9.13 Å². The molecular formula is C15H14Cl2N2. The third-order valence-electron chi connectivity index (χ3n) is 3.34. The van der Waals surface area contributed by atoms with E-state index in [0.29, 0.717) is 0 Å². The van der Waals surface area contributed by atoms with E-state index in [9.17, 15) is 0 Å². The predicted molar refractivity (Wildman–Crippen MR) is 74.5 cm³/mol. The summed E-state index contributed by atoms with van der Waals surface area (Å²) < 4.78 is 4.41. The lowest BCUT2D eigenvalue weighted by Gasteiger charge is -1.99. The number of para-hydroxylation sites is 2. The Balaban J connectivity index is 0.00000133. The minimum Gasteiger partial charge on any atom is -1.00 e. The summed E-state index contributed by atoms with van der Waals surface area (Å²) in [5, 5.41) is 0.764. The van der Waals surface area contributed by atoms with Gasteiger partial charge in [0.1, 0.15) is 0 Å². The molecule has 0 atom stereocenters. The summed E-state index contributed by atoms with van der Waals surface area (Å²) in [7, 11) is 4.18. The molecule has 19 heavy (non-hydrogen) atoms. The van der Waals surface area contributed by atoms with Crippen LogP contribution in [-0.2, 0) is 14.1 Å². The van der Waals surface area contributed by atoms with Gasteiger partial charge >= 0.3 is 0 Å². The summed E-state index contributed by atoms with van der Waals surface area (Å²) in [6.45, 7) is 0. The topological polar surface area (TPSA) is 8.81 Å². The van der Waals surface area contributed by atoms with Gasteiger partial charge in [-0.2, -0.15) is 0 Å². The molecule has 0 N–H and O–H groups in total. The third kappa shape index (κ3) is 2.22. The van der Waals surface area contributed by atoms with E-state index < -0.39 is 0 Å². The molecular weight excluding hydrogens is 279 g/mol. The molecule has 0 spiro atoms. The van der Waals surface area contributed by atoms with Crippen LogP contribution in [0.3, 0.4) is 0 Å². The zero-order valence-corrected chi connectivity index (χ0v) is 12.3. The lowest BCUT2D eigenvalue weighted by Crippen LogP contribution is -3.00. The van der Waals surface area contributed by atoms with Crippen LogP contribution in [-0.4, -0.2) is 4.57 Å². The molecule has 2 nitrogen and oxygen atoms in total. The zero-order valence-electron chi connectivity index (χ0n) is 10.8. The second-order valence-corrected chi connectivity index (χ2v) is 4.87. The standard InChI is InChI=1S/C15H14ClN2.ClH/c1-17-13-5-3-4-6-14(13)18(2)15(17)11-7-9-12(16)10-8-11;/h3-10H,1-2H3;1H/q+1;/p-1. The molecule has 0 amide bonds. The molecule has 1 aromatic heterocycles.